The van der Waals surface area contributed by atoms with Crippen LogP contribution in [0, 0.1) is 17.8 Å². The lowest BCUT2D eigenvalue weighted by atomic mass is 9.53. The van der Waals surface area contributed by atoms with E-state index >= 15 is 0 Å². The van der Waals surface area contributed by atoms with Crippen LogP contribution < -0.4 is 5.32 Å². The van der Waals surface area contributed by atoms with Crippen molar-refractivity contribution < 1.29 is 19.1 Å². The number of nitrogens with zero attached hydrogens (tertiary/aromatic N) is 1. The van der Waals surface area contributed by atoms with E-state index in [-0.39, 0.29) is 22.9 Å². The monoisotopic (exact) mass is 372 g/mol. The summed E-state index contributed by atoms with van der Waals surface area (Å²) >= 11 is 0. The summed E-state index contributed by atoms with van der Waals surface area (Å²) in [5, 5.41) is 3.24. The van der Waals surface area contributed by atoms with Crippen LogP contribution in [0.2, 0.25) is 0 Å². The van der Waals surface area contributed by atoms with Gasteiger partial charge in [-0.2, -0.15) is 0 Å². The van der Waals surface area contributed by atoms with Crippen LogP contribution in [0.5, 0.6) is 0 Å². The van der Waals surface area contributed by atoms with E-state index in [1.54, 1.807) is 24.7 Å². The van der Waals surface area contributed by atoms with E-state index in [0.717, 1.165) is 37.0 Å². The molecule has 0 aliphatic heterocycles. The number of carbonyl (C=O) groups is 3. The van der Waals surface area contributed by atoms with Gasteiger partial charge in [-0.25, -0.2) is 4.79 Å². The summed E-state index contributed by atoms with van der Waals surface area (Å²) in [6.45, 7) is 3.06. The molecule has 146 valence electrons. The third-order valence-electron chi connectivity index (χ3n) is 6.70. The average Bonchev–Trinajstić information content (AvgIpc) is 2.95. The van der Waals surface area contributed by atoms with Crippen LogP contribution >= 0.6 is 0 Å². The highest BCUT2D eigenvalue weighted by atomic mass is 16.5. The molecule has 4 saturated carbocycles. The molecule has 0 saturated heterocycles. The van der Waals surface area contributed by atoms with Crippen LogP contribution in [0.4, 0.5) is 0 Å². The second-order valence-electron chi connectivity index (χ2n) is 9.02. The zero-order valence-corrected chi connectivity index (χ0v) is 16.3. The molecule has 27 heavy (non-hydrogen) atoms. The van der Waals surface area contributed by atoms with Gasteiger partial charge in [-0.05, 0) is 76.2 Å². The molecule has 0 spiro atoms. The normalized spacial score (nSPS) is 32.2. The quantitative estimate of drug-likeness (QED) is 0.637. The molecule has 1 N–H and O–H groups in total. The van der Waals surface area contributed by atoms with E-state index in [1.165, 1.54) is 32.3 Å². The molecule has 0 aromatic carbocycles. The Morgan fingerprint density at radius 1 is 1.15 bits per heavy atom. The van der Waals surface area contributed by atoms with E-state index in [0.29, 0.717) is 5.56 Å². The number of amides is 1. The van der Waals surface area contributed by atoms with Crippen LogP contribution in [-0.4, -0.2) is 33.9 Å². The summed E-state index contributed by atoms with van der Waals surface area (Å²) < 4.78 is 6.96. The number of ketones is 1. The maximum Gasteiger partial charge on any atom is 0.355 e. The summed E-state index contributed by atoms with van der Waals surface area (Å²) in [5.41, 5.74) is 0.629. The Hall–Kier alpha value is -2.11. The smallest absolute Gasteiger partial charge is 0.355 e. The van der Waals surface area contributed by atoms with Crippen molar-refractivity contribution in [1.29, 1.82) is 0 Å². The Morgan fingerprint density at radius 3 is 2.19 bits per heavy atom. The first-order chi connectivity index (χ1) is 12.7. The van der Waals surface area contributed by atoms with Gasteiger partial charge >= 0.3 is 5.97 Å². The minimum atomic E-state index is -0.860. The SMILES string of the molecule is CC(=O)c1cc(C(=O)O[C@H](C)C(=O)NC23CC4CC(CC(C4)C2)C3)n(C)c1. The van der Waals surface area contributed by atoms with Crippen molar-refractivity contribution in [2.75, 3.05) is 0 Å². The fourth-order valence-corrected chi connectivity index (χ4v) is 5.86. The number of carbonyl (C=O) groups excluding carboxylic acids is 3. The predicted octanol–water partition coefficient (Wildman–Crippen LogP) is 2.86. The predicted molar refractivity (Wildman–Crippen MR) is 99.3 cm³/mol. The molecule has 1 amide bonds. The summed E-state index contributed by atoms with van der Waals surface area (Å²) in [7, 11) is 1.68. The lowest BCUT2D eigenvalue weighted by molar-refractivity contribution is -0.134. The number of Topliss-reactive ketones (excluding diaryl/α,β-unsaturated/α-hetero) is 1. The first-order valence-corrected chi connectivity index (χ1v) is 9.95. The number of aryl methyl sites for hydroxylation is 1. The van der Waals surface area contributed by atoms with Crippen molar-refractivity contribution in [2.45, 2.75) is 64.0 Å². The molecule has 4 fully saturated rings. The van der Waals surface area contributed by atoms with Crippen LogP contribution in [0.3, 0.4) is 0 Å². The highest BCUT2D eigenvalue weighted by molar-refractivity contribution is 5.98. The topological polar surface area (TPSA) is 77.4 Å². The van der Waals surface area contributed by atoms with Crippen molar-refractivity contribution in [3.8, 4) is 0 Å². The summed E-state index contributed by atoms with van der Waals surface area (Å²) in [6, 6.07) is 1.51. The van der Waals surface area contributed by atoms with Gasteiger partial charge in [0.2, 0.25) is 0 Å². The first kappa shape index (κ1) is 18.3. The van der Waals surface area contributed by atoms with Crippen molar-refractivity contribution in [3.05, 3.63) is 23.5 Å². The maximum absolute atomic E-state index is 12.7. The fraction of sp³-hybridized carbons (Fsp3) is 0.667. The average molecular weight is 372 g/mol. The largest absolute Gasteiger partial charge is 0.448 e. The molecule has 4 aliphatic rings. The Morgan fingerprint density at radius 2 is 1.70 bits per heavy atom. The minimum Gasteiger partial charge on any atom is -0.448 e. The van der Waals surface area contributed by atoms with Crippen LogP contribution in [0.25, 0.3) is 0 Å². The van der Waals surface area contributed by atoms with Crippen molar-refractivity contribution in [3.63, 3.8) is 0 Å². The standard InChI is InChI=1S/C21H28N2O4/c1-12(24)17-7-18(23(3)11-17)20(26)27-13(2)19(25)22-21-8-14-4-15(9-21)6-16(5-14)10-21/h7,11,13-16H,4-6,8-10H2,1-3H3,(H,22,25)/t13-,14?,15?,16?,21?/m1/s1. The van der Waals surface area contributed by atoms with Gasteiger partial charge in [-0.15, -0.1) is 0 Å². The number of hydrogen-bond acceptors (Lipinski definition) is 4. The lowest BCUT2D eigenvalue weighted by Crippen LogP contribution is -2.61. The Balaban J connectivity index is 1.40. The van der Waals surface area contributed by atoms with Gasteiger partial charge in [0, 0.05) is 24.3 Å². The van der Waals surface area contributed by atoms with Crippen LogP contribution in [0.1, 0.15) is 73.2 Å². The minimum absolute atomic E-state index is 0.0979. The van der Waals surface area contributed by atoms with Gasteiger partial charge < -0.3 is 14.6 Å². The number of aromatic nitrogens is 1. The Labute approximate surface area is 159 Å². The molecular weight excluding hydrogens is 344 g/mol. The van der Waals surface area contributed by atoms with Gasteiger partial charge in [-0.1, -0.05) is 0 Å². The molecule has 1 aromatic rings. The molecule has 6 heteroatoms. The first-order valence-electron chi connectivity index (χ1n) is 9.95. The van der Waals surface area contributed by atoms with Gasteiger partial charge in [0.15, 0.2) is 11.9 Å². The number of rotatable bonds is 5. The Kier molecular flexibility index (Phi) is 4.40. The van der Waals surface area contributed by atoms with Crippen molar-refractivity contribution in [2.24, 2.45) is 24.8 Å². The van der Waals surface area contributed by atoms with E-state index in [9.17, 15) is 14.4 Å². The lowest BCUT2D eigenvalue weighted by Gasteiger charge is -2.57. The van der Waals surface area contributed by atoms with Gasteiger partial charge in [-0.3, -0.25) is 9.59 Å². The molecule has 5 rings (SSSR count). The zero-order chi connectivity index (χ0) is 19.3. The van der Waals surface area contributed by atoms with E-state index < -0.39 is 12.1 Å². The second-order valence-corrected chi connectivity index (χ2v) is 9.02. The molecule has 4 bridgehead atoms. The van der Waals surface area contributed by atoms with Gasteiger partial charge in [0.1, 0.15) is 5.69 Å². The third-order valence-corrected chi connectivity index (χ3v) is 6.70. The maximum atomic E-state index is 12.7. The molecule has 1 aromatic heterocycles. The summed E-state index contributed by atoms with van der Waals surface area (Å²) in [4.78, 5) is 36.7. The molecule has 1 atom stereocenters. The number of nitrogens with one attached hydrogen (secondary N) is 1. The molecular formula is C21H28N2O4. The number of ether oxygens (including phenoxy) is 1. The van der Waals surface area contributed by atoms with Gasteiger partial charge in [0.05, 0.1) is 0 Å². The number of hydrogen-bond donors (Lipinski definition) is 1. The molecule has 4 aliphatic carbocycles. The van der Waals surface area contributed by atoms with Gasteiger partial charge in [0.25, 0.3) is 5.91 Å². The number of esters is 1. The molecule has 6 nitrogen and oxygen atoms in total. The van der Waals surface area contributed by atoms with E-state index in [2.05, 4.69) is 5.32 Å². The van der Waals surface area contributed by atoms with Crippen LogP contribution in [-0.2, 0) is 16.6 Å². The highest BCUT2D eigenvalue weighted by Gasteiger charge is 2.51. The van der Waals surface area contributed by atoms with Crippen molar-refractivity contribution >= 4 is 17.7 Å². The van der Waals surface area contributed by atoms with E-state index in [4.69, 9.17) is 4.74 Å². The third kappa shape index (κ3) is 3.42. The summed E-state index contributed by atoms with van der Waals surface area (Å²) in [6.07, 6.45) is 7.85. The summed E-state index contributed by atoms with van der Waals surface area (Å²) in [5.74, 6) is 1.30. The molecule has 0 radical (unpaired) electrons. The van der Waals surface area contributed by atoms with E-state index in [1.807, 2.05) is 0 Å². The zero-order valence-electron chi connectivity index (χ0n) is 16.3. The van der Waals surface area contributed by atoms with Crippen LogP contribution in [0.15, 0.2) is 12.3 Å². The highest BCUT2D eigenvalue weighted by Crippen LogP contribution is 2.55. The molecule has 0 unspecified atom stereocenters. The Bertz CT molecular complexity index is 759. The van der Waals surface area contributed by atoms with Crippen molar-refractivity contribution in [1.82, 2.24) is 9.88 Å². The molecule has 1 heterocycles. The fourth-order valence-electron chi connectivity index (χ4n) is 5.86. The second kappa shape index (κ2) is 6.50.